The summed E-state index contributed by atoms with van der Waals surface area (Å²) in [5.41, 5.74) is 0.619. The van der Waals surface area contributed by atoms with Gasteiger partial charge in [-0.15, -0.1) is 0 Å². The molecule has 1 aromatic carbocycles. The summed E-state index contributed by atoms with van der Waals surface area (Å²) in [5, 5.41) is 11.4. The Kier molecular flexibility index (Phi) is 4.99. The number of hydrogen-bond acceptors (Lipinski definition) is 3. The molecule has 9 heteroatoms. The van der Waals surface area contributed by atoms with Gasteiger partial charge in [-0.05, 0) is 18.6 Å². The summed E-state index contributed by atoms with van der Waals surface area (Å²) in [6.45, 7) is 0.268. The highest BCUT2D eigenvalue weighted by Gasteiger charge is 2.32. The van der Waals surface area contributed by atoms with Crippen molar-refractivity contribution in [1.82, 2.24) is 9.88 Å². The van der Waals surface area contributed by atoms with E-state index in [1.165, 1.54) is 4.90 Å². The average Bonchev–Trinajstić information content (AvgIpc) is 3.28. The molecule has 1 aliphatic rings. The van der Waals surface area contributed by atoms with E-state index in [2.05, 4.69) is 10.3 Å². The van der Waals surface area contributed by atoms with Crippen molar-refractivity contribution >= 4 is 17.5 Å². The van der Waals surface area contributed by atoms with Gasteiger partial charge in [0.25, 0.3) is 5.91 Å². The number of nitrogens with one attached hydrogen (secondary N) is 2. The van der Waals surface area contributed by atoms with Crippen LogP contribution in [0.3, 0.4) is 0 Å². The molecule has 0 unspecified atom stereocenters. The topological polar surface area (TPSA) is 85.4 Å². The summed E-state index contributed by atoms with van der Waals surface area (Å²) >= 11 is 0. The number of rotatable bonds is 4. The third-order valence-electron chi connectivity index (χ3n) is 4.24. The second-order valence-corrected chi connectivity index (χ2v) is 6.04. The van der Waals surface area contributed by atoms with Crippen LogP contribution in [0.4, 0.5) is 18.9 Å². The maximum Gasteiger partial charge on any atom is 0.270 e. The summed E-state index contributed by atoms with van der Waals surface area (Å²) < 4.78 is 39.4. The van der Waals surface area contributed by atoms with Gasteiger partial charge in [0.1, 0.15) is 5.69 Å². The van der Waals surface area contributed by atoms with Crippen LogP contribution in [0.15, 0.2) is 24.3 Å². The zero-order valence-electron chi connectivity index (χ0n) is 13.6. The number of aromatic nitrogens is 1. The largest absolute Gasteiger partial charge is 0.390 e. The standard InChI is InChI=1S/C17H16F3N3O3/c18-12-5-11(6-13(19)15(12)20)22-16(25)9-3-4-23(7-9)17(26)14-2-1-10(8-24)21-14/h1-2,5-6,9,21,24H,3-4,7-8H2,(H,22,25)/t9-/m0/s1. The fraction of sp³-hybridized carbons (Fsp3) is 0.294. The molecule has 1 fully saturated rings. The van der Waals surface area contributed by atoms with Gasteiger partial charge < -0.3 is 20.3 Å². The number of anilines is 1. The number of aromatic amines is 1. The monoisotopic (exact) mass is 367 g/mol. The van der Waals surface area contributed by atoms with Gasteiger partial charge in [-0.1, -0.05) is 0 Å². The van der Waals surface area contributed by atoms with Crippen LogP contribution in [0.2, 0.25) is 0 Å². The second kappa shape index (κ2) is 7.20. The van der Waals surface area contributed by atoms with Crippen molar-refractivity contribution in [2.24, 2.45) is 5.92 Å². The van der Waals surface area contributed by atoms with Gasteiger partial charge in [-0.2, -0.15) is 0 Å². The number of hydrogen-bond donors (Lipinski definition) is 3. The lowest BCUT2D eigenvalue weighted by Gasteiger charge is -2.16. The van der Waals surface area contributed by atoms with Crippen LogP contribution < -0.4 is 5.32 Å². The molecule has 3 N–H and O–H groups in total. The lowest BCUT2D eigenvalue weighted by atomic mass is 10.1. The van der Waals surface area contributed by atoms with Gasteiger partial charge in [0.05, 0.1) is 12.5 Å². The number of amides is 2. The number of H-pyrrole nitrogens is 1. The molecule has 1 aliphatic heterocycles. The fourth-order valence-corrected chi connectivity index (χ4v) is 2.86. The van der Waals surface area contributed by atoms with Gasteiger partial charge in [0.2, 0.25) is 5.91 Å². The Bertz CT molecular complexity index is 830. The quantitative estimate of drug-likeness (QED) is 0.723. The van der Waals surface area contributed by atoms with Crippen LogP contribution in [-0.4, -0.2) is 39.9 Å². The van der Waals surface area contributed by atoms with Crippen molar-refractivity contribution in [3.63, 3.8) is 0 Å². The molecule has 26 heavy (non-hydrogen) atoms. The molecule has 2 heterocycles. The first-order valence-corrected chi connectivity index (χ1v) is 7.92. The molecular weight excluding hydrogens is 351 g/mol. The van der Waals surface area contributed by atoms with E-state index in [4.69, 9.17) is 5.11 Å². The van der Waals surface area contributed by atoms with Gasteiger partial charge in [0.15, 0.2) is 17.5 Å². The Labute approximate surface area is 146 Å². The van der Waals surface area contributed by atoms with Crippen LogP contribution >= 0.6 is 0 Å². The molecule has 0 spiro atoms. The number of carbonyl (C=O) groups is 2. The van der Waals surface area contributed by atoms with E-state index in [1.807, 2.05) is 0 Å². The third kappa shape index (κ3) is 3.57. The van der Waals surface area contributed by atoms with Crippen molar-refractivity contribution in [2.45, 2.75) is 13.0 Å². The highest BCUT2D eigenvalue weighted by molar-refractivity contribution is 5.96. The number of carbonyl (C=O) groups excluding carboxylic acids is 2. The second-order valence-electron chi connectivity index (χ2n) is 6.04. The van der Waals surface area contributed by atoms with E-state index >= 15 is 0 Å². The van der Waals surface area contributed by atoms with E-state index in [1.54, 1.807) is 12.1 Å². The van der Waals surface area contributed by atoms with E-state index in [0.29, 0.717) is 36.5 Å². The van der Waals surface area contributed by atoms with Crippen LogP contribution in [0.25, 0.3) is 0 Å². The lowest BCUT2D eigenvalue weighted by Crippen LogP contribution is -2.31. The Morgan fingerprint density at radius 1 is 1.23 bits per heavy atom. The number of aliphatic hydroxyl groups excluding tert-OH is 1. The van der Waals surface area contributed by atoms with Crippen molar-refractivity contribution in [3.8, 4) is 0 Å². The molecule has 6 nitrogen and oxygen atoms in total. The first kappa shape index (κ1) is 18.0. The zero-order valence-corrected chi connectivity index (χ0v) is 13.6. The highest BCUT2D eigenvalue weighted by atomic mass is 19.2. The molecule has 138 valence electrons. The zero-order chi connectivity index (χ0) is 18.8. The van der Waals surface area contributed by atoms with Crippen molar-refractivity contribution in [1.29, 1.82) is 0 Å². The van der Waals surface area contributed by atoms with Gasteiger partial charge in [0, 0.05) is 36.6 Å². The maximum atomic E-state index is 13.2. The number of benzene rings is 1. The molecular formula is C17H16F3N3O3. The summed E-state index contributed by atoms with van der Waals surface area (Å²) in [6, 6.07) is 4.53. The first-order chi connectivity index (χ1) is 12.4. The molecule has 2 amide bonds. The van der Waals surface area contributed by atoms with Crippen LogP contribution in [0, 0.1) is 23.4 Å². The third-order valence-corrected chi connectivity index (χ3v) is 4.24. The molecule has 1 aromatic heterocycles. The minimum absolute atomic E-state index is 0.143. The molecule has 0 radical (unpaired) electrons. The molecule has 1 saturated heterocycles. The van der Waals surface area contributed by atoms with Gasteiger partial charge in [-0.3, -0.25) is 9.59 Å². The number of nitrogens with zero attached hydrogens (tertiary/aromatic N) is 1. The molecule has 0 aliphatic carbocycles. The Hall–Kier alpha value is -2.81. The molecule has 3 rings (SSSR count). The molecule has 0 saturated carbocycles. The Morgan fingerprint density at radius 3 is 2.54 bits per heavy atom. The molecule has 0 bridgehead atoms. The molecule has 2 aromatic rings. The van der Waals surface area contributed by atoms with Crippen LogP contribution in [0.1, 0.15) is 22.6 Å². The van der Waals surface area contributed by atoms with Gasteiger partial charge >= 0.3 is 0 Å². The van der Waals surface area contributed by atoms with Gasteiger partial charge in [-0.25, -0.2) is 13.2 Å². The van der Waals surface area contributed by atoms with Crippen molar-refractivity contribution in [3.05, 3.63) is 53.1 Å². The van der Waals surface area contributed by atoms with Crippen LogP contribution in [0.5, 0.6) is 0 Å². The Balaban J connectivity index is 1.63. The van der Waals surface area contributed by atoms with E-state index in [0.717, 1.165) is 0 Å². The SMILES string of the molecule is O=C(Nc1cc(F)c(F)c(F)c1)[C@H]1CCN(C(=O)c2ccc(CO)[nH]2)C1. The normalized spacial score (nSPS) is 16.8. The first-order valence-electron chi connectivity index (χ1n) is 7.92. The minimum atomic E-state index is -1.60. The Morgan fingerprint density at radius 2 is 1.92 bits per heavy atom. The number of halogens is 3. The molecule has 1 atom stereocenters. The van der Waals surface area contributed by atoms with E-state index in [9.17, 15) is 22.8 Å². The summed E-state index contributed by atoms with van der Waals surface area (Å²) in [6.07, 6.45) is 0.386. The predicted octanol–water partition coefficient (Wildman–Crippen LogP) is 2.03. The van der Waals surface area contributed by atoms with E-state index in [-0.39, 0.29) is 24.7 Å². The van der Waals surface area contributed by atoms with E-state index < -0.39 is 29.3 Å². The highest BCUT2D eigenvalue weighted by Crippen LogP contribution is 2.22. The number of likely N-dealkylation sites (tertiary alicyclic amines) is 1. The van der Waals surface area contributed by atoms with Crippen LogP contribution in [-0.2, 0) is 11.4 Å². The fourth-order valence-electron chi connectivity index (χ4n) is 2.86. The number of aliphatic hydroxyl groups is 1. The summed E-state index contributed by atoms with van der Waals surface area (Å²) in [4.78, 5) is 28.9. The summed E-state index contributed by atoms with van der Waals surface area (Å²) in [7, 11) is 0. The van der Waals surface area contributed by atoms with Crippen molar-refractivity contribution in [2.75, 3.05) is 18.4 Å². The summed E-state index contributed by atoms with van der Waals surface area (Å²) in [5.74, 6) is -5.76. The maximum absolute atomic E-state index is 13.2. The average molecular weight is 367 g/mol. The van der Waals surface area contributed by atoms with Crippen molar-refractivity contribution < 1.29 is 27.9 Å². The lowest BCUT2D eigenvalue weighted by molar-refractivity contribution is -0.119. The minimum Gasteiger partial charge on any atom is -0.390 e. The predicted molar refractivity (Wildman–Crippen MR) is 85.7 cm³/mol. The smallest absolute Gasteiger partial charge is 0.270 e.